The van der Waals surface area contributed by atoms with Crippen LogP contribution in [0.4, 0.5) is 0 Å². The van der Waals surface area contributed by atoms with Crippen molar-refractivity contribution in [1.29, 1.82) is 0 Å². The van der Waals surface area contributed by atoms with E-state index < -0.39 is 5.91 Å². The lowest BCUT2D eigenvalue weighted by atomic mass is 10.2. The molecule has 0 atom stereocenters. The molecule has 0 bridgehead atoms. The molecule has 0 aliphatic rings. The number of nitrogens with zero attached hydrogens (tertiary/aromatic N) is 4. The van der Waals surface area contributed by atoms with Crippen molar-refractivity contribution in [2.45, 2.75) is 0 Å². The summed E-state index contributed by atoms with van der Waals surface area (Å²) in [6.07, 6.45) is 0. The number of carbonyl (C=O) groups excluding carboxylic acids is 1. The topological polar surface area (TPSA) is 71.9 Å². The minimum atomic E-state index is -0.481. The van der Waals surface area contributed by atoms with Crippen LogP contribution in [0, 0.1) is 0 Å². The molecule has 0 saturated carbocycles. The number of hydrogen-bond donors (Lipinski definition) is 1. The molecule has 0 spiro atoms. The number of aromatic hydroxyl groups is 1. The second kappa shape index (κ2) is 8.61. The van der Waals surface area contributed by atoms with Crippen molar-refractivity contribution in [2.24, 2.45) is 0 Å². The van der Waals surface area contributed by atoms with Crippen LogP contribution in [-0.4, -0.2) is 26.0 Å². The first kappa shape index (κ1) is 20.2. The number of tetrazole rings is 1. The largest absolute Gasteiger partial charge is 1.00 e. The van der Waals surface area contributed by atoms with E-state index in [0.717, 1.165) is 14.8 Å². The smallest absolute Gasteiger partial charge is 0.343 e. The predicted molar refractivity (Wildman–Crippen MR) is 103 cm³/mol. The number of rotatable bonds is 3. The Balaban J connectivity index is 0.00000225. The molecule has 0 radical (unpaired) electrons. The summed E-state index contributed by atoms with van der Waals surface area (Å²) in [5.41, 5.74) is 1.59. The molecule has 0 aliphatic heterocycles. The van der Waals surface area contributed by atoms with E-state index >= 15 is 0 Å². The molecule has 6 nitrogen and oxygen atoms in total. The number of phenolic OH excluding ortho intramolecular Hbond substituents is 1. The Bertz CT molecular complexity index is 1110. The first-order valence-corrected chi connectivity index (χ1v) is 8.96. The van der Waals surface area contributed by atoms with Crippen molar-refractivity contribution in [3.63, 3.8) is 0 Å². The van der Waals surface area contributed by atoms with Gasteiger partial charge in [0, 0.05) is 4.47 Å². The van der Waals surface area contributed by atoms with Crippen molar-refractivity contribution in [3.05, 3.63) is 88.9 Å². The number of para-hydroxylation sites is 1. The Morgan fingerprint density at radius 2 is 1.57 bits per heavy atom. The third-order valence-electron chi connectivity index (χ3n) is 3.96. The highest BCUT2D eigenvalue weighted by Gasteiger charge is 2.29. The fourth-order valence-corrected chi connectivity index (χ4v) is 2.89. The SMILES string of the molecule is O=C(c1ccccc1O)n1nc(-c2ccccc2)n[n+]1-c1ccc(Br)cc1.[I-]. The van der Waals surface area contributed by atoms with Crippen molar-refractivity contribution < 1.29 is 38.7 Å². The van der Waals surface area contributed by atoms with Gasteiger partial charge in [0.05, 0.1) is 21.0 Å². The van der Waals surface area contributed by atoms with Crippen LogP contribution in [0.3, 0.4) is 0 Å². The molecule has 4 aromatic rings. The number of hydrogen-bond acceptors (Lipinski definition) is 4. The zero-order chi connectivity index (χ0) is 18.8. The maximum Gasteiger partial charge on any atom is 0.343 e. The van der Waals surface area contributed by atoms with Crippen LogP contribution in [0.25, 0.3) is 17.1 Å². The molecule has 0 aliphatic carbocycles. The summed E-state index contributed by atoms with van der Waals surface area (Å²) in [5, 5.41) is 19.0. The molecule has 4 rings (SSSR count). The molecule has 3 aromatic carbocycles. The zero-order valence-electron chi connectivity index (χ0n) is 14.4. The van der Waals surface area contributed by atoms with Gasteiger partial charge < -0.3 is 29.1 Å². The predicted octanol–water partition coefficient (Wildman–Crippen LogP) is 0.382. The van der Waals surface area contributed by atoms with Gasteiger partial charge in [-0.2, -0.15) is 0 Å². The lowest BCUT2D eigenvalue weighted by Crippen LogP contribution is -3.00. The fourth-order valence-electron chi connectivity index (χ4n) is 2.62. The minimum Gasteiger partial charge on any atom is -1.00 e. The van der Waals surface area contributed by atoms with Crippen LogP contribution < -0.4 is 28.8 Å². The van der Waals surface area contributed by atoms with E-state index in [4.69, 9.17) is 0 Å². The van der Waals surface area contributed by atoms with Gasteiger partial charge in [-0.25, -0.2) is 0 Å². The maximum atomic E-state index is 13.0. The Kier molecular flexibility index (Phi) is 6.20. The Morgan fingerprint density at radius 1 is 0.929 bits per heavy atom. The first-order valence-electron chi connectivity index (χ1n) is 8.17. The molecule has 1 N–H and O–H groups in total. The van der Waals surface area contributed by atoms with Crippen LogP contribution in [0.2, 0.25) is 0 Å². The van der Waals surface area contributed by atoms with E-state index in [1.54, 1.807) is 18.2 Å². The van der Waals surface area contributed by atoms with Crippen molar-refractivity contribution in [2.75, 3.05) is 0 Å². The Labute approximate surface area is 186 Å². The van der Waals surface area contributed by atoms with Crippen LogP contribution in [0.1, 0.15) is 10.4 Å². The van der Waals surface area contributed by atoms with Gasteiger partial charge in [-0.05, 0) is 58.4 Å². The average Bonchev–Trinajstić information content (AvgIpc) is 3.14. The molecule has 0 fully saturated rings. The molecule has 0 amide bonds. The first-order chi connectivity index (χ1) is 13.1. The van der Waals surface area contributed by atoms with Crippen LogP contribution >= 0.6 is 15.9 Å². The summed E-state index contributed by atoms with van der Waals surface area (Å²) in [4.78, 5) is 15.6. The summed E-state index contributed by atoms with van der Waals surface area (Å²) < 4.78 is 0.910. The highest BCUT2D eigenvalue weighted by atomic mass is 127. The van der Waals surface area contributed by atoms with Gasteiger partial charge in [-0.1, -0.05) is 46.3 Å². The number of carbonyl (C=O) groups is 1. The summed E-state index contributed by atoms with van der Waals surface area (Å²) in [7, 11) is 0. The molecule has 8 heteroatoms. The molecule has 1 aromatic heterocycles. The van der Waals surface area contributed by atoms with Crippen LogP contribution in [0.15, 0.2) is 83.3 Å². The molecule has 140 valence electrons. The summed E-state index contributed by atoms with van der Waals surface area (Å²) in [6, 6.07) is 23.1. The van der Waals surface area contributed by atoms with Crippen molar-refractivity contribution in [3.8, 4) is 22.8 Å². The normalized spacial score (nSPS) is 10.3. The van der Waals surface area contributed by atoms with Crippen LogP contribution in [-0.2, 0) is 0 Å². The molecule has 0 saturated heterocycles. The number of aromatic nitrogens is 4. The van der Waals surface area contributed by atoms with Gasteiger partial charge in [-0.3, -0.25) is 4.79 Å². The highest BCUT2D eigenvalue weighted by Crippen LogP contribution is 2.18. The number of benzene rings is 3. The van der Waals surface area contributed by atoms with E-state index in [1.807, 2.05) is 54.6 Å². The third-order valence-corrected chi connectivity index (χ3v) is 4.49. The fraction of sp³-hybridized carbons (Fsp3) is 0. The van der Waals surface area contributed by atoms with Crippen LogP contribution in [0.5, 0.6) is 5.75 Å². The number of phenols is 1. The van der Waals surface area contributed by atoms with Gasteiger partial charge >= 0.3 is 11.7 Å². The Morgan fingerprint density at radius 3 is 2.25 bits per heavy atom. The monoisotopic (exact) mass is 548 g/mol. The number of halogens is 2. The molecule has 0 unspecified atom stereocenters. The third kappa shape index (κ3) is 3.97. The van der Waals surface area contributed by atoms with E-state index in [2.05, 4.69) is 26.1 Å². The van der Waals surface area contributed by atoms with Gasteiger partial charge in [0.15, 0.2) is 5.69 Å². The molecule has 28 heavy (non-hydrogen) atoms. The van der Waals surface area contributed by atoms with E-state index in [-0.39, 0.29) is 35.3 Å². The highest BCUT2D eigenvalue weighted by molar-refractivity contribution is 9.10. The lowest BCUT2D eigenvalue weighted by molar-refractivity contribution is -0.732. The molecular formula is C20H14BrIN4O2. The van der Waals surface area contributed by atoms with E-state index in [9.17, 15) is 9.90 Å². The lowest BCUT2D eigenvalue weighted by Gasteiger charge is -2.01. The molecular weight excluding hydrogens is 535 g/mol. The second-order valence-electron chi connectivity index (χ2n) is 5.77. The van der Waals surface area contributed by atoms with Gasteiger partial charge in [0.1, 0.15) is 5.75 Å². The van der Waals surface area contributed by atoms with E-state index in [1.165, 1.54) is 10.9 Å². The van der Waals surface area contributed by atoms with Gasteiger partial charge in [-0.15, -0.1) is 0 Å². The Hall–Kier alpha value is -2.59. The van der Waals surface area contributed by atoms with Gasteiger partial charge in [0.2, 0.25) is 0 Å². The van der Waals surface area contributed by atoms with E-state index in [0.29, 0.717) is 11.5 Å². The second-order valence-corrected chi connectivity index (χ2v) is 6.68. The minimum absolute atomic E-state index is 0. The average molecular weight is 549 g/mol. The quantitative estimate of drug-likeness (QED) is 0.297. The molecule has 1 heterocycles. The summed E-state index contributed by atoms with van der Waals surface area (Å²) in [6.45, 7) is 0. The summed E-state index contributed by atoms with van der Waals surface area (Å²) >= 11 is 3.40. The van der Waals surface area contributed by atoms with Crippen molar-refractivity contribution >= 4 is 21.8 Å². The zero-order valence-corrected chi connectivity index (χ0v) is 18.1. The summed E-state index contributed by atoms with van der Waals surface area (Å²) in [5.74, 6) is -0.186. The standard InChI is InChI=1S/C20H13BrN4O2.HI/c21-15-10-12-16(13-11-15)24-22-19(14-6-2-1-3-7-14)23-25(24)20(27)17-8-4-5-9-18(17)26;/h1-13H;1H. The maximum absolute atomic E-state index is 13.0. The van der Waals surface area contributed by atoms with Gasteiger partial charge in [0.25, 0.3) is 0 Å². The van der Waals surface area contributed by atoms with Crippen molar-refractivity contribution in [1.82, 2.24) is 15.0 Å².